The maximum Gasteiger partial charge on any atom is 0.410 e. The predicted octanol–water partition coefficient (Wildman–Crippen LogP) is 4.64. The number of nitrogens with one attached hydrogen (secondary N) is 1. The minimum absolute atomic E-state index is 0.200. The fourth-order valence-electron chi connectivity index (χ4n) is 4.48. The Bertz CT molecular complexity index is 1350. The molecule has 3 aromatic rings. The quantitative estimate of drug-likeness (QED) is 0.497. The van der Waals surface area contributed by atoms with Crippen LogP contribution in [0.2, 0.25) is 0 Å². The lowest BCUT2D eigenvalue weighted by atomic mass is 10.00. The summed E-state index contributed by atoms with van der Waals surface area (Å²) in [6, 6.07) is 5.65. The first-order valence-electron chi connectivity index (χ1n) is 12.7. The van der Waals surface area contributed by atoms with Gasteiger partial charge < -0.3 is 25.4 Å². The van der Waals surface area contributed by atoms with Gasteiger partial charge in [0.15, 0.2) is 0 Å². The Morgan fingerprint density at radius 1 is 1.16 bits per heavy atom. The van der Waals surface area contributed by atoms with Crippen LogP contribution in [0.3, 0.4) is 0 Å². The molecule has 1 aliphatic heterocycles. The first kappa shape index (κ1) is 27.1. The van der Waals surface area contributed by atoms with Crippen molar-refractivity contribution < 1.29 is 19.1 Å². The van der Waals surface area contributed by atoms with E-state index in [9.17, 15) is 9.59 Å². The monoisotopic (exact) mass is 520 g/mol. The molecule has 3 N–H and O–H groups in total. The highest BCUT2D eigenvalue weighted by atomic mass is 16.6. The molecule has 0 saturated carbocycles. The van der Waals surface area contributed by atoms with Gasteiger partial charge in [-0.05, 0) is 77.1 Å². The van der Waals surface area contributed by atoms with Crippen LogP contribution in [0, 0.1) is 6.92 Å². The number of pyridine rings is 3. The van der Waals surface area contributed by atoms with E-state index in [0.717, 1.165) is 33.3 Å². The molecular formula is C28H36N6O4. The Labute approximate surface area is 222 Å². The number of carbonyl (C=O) groups excluding carboxylic acids is 2. The van der Waals surface area contributed by atoms with Crippen LogP contribution in [0.4, 0.5) is 15.4 Å². The molecule has 1 unspecified atom stereocenters. The first-order valence-corrected chi connectivity index (χ1v) is 12.7. The molecule has 0 spiro atoms. The summed E-state index contributed by atoms with van der Waals surface area (Å²) in [6.45, 7) is 12.1. The molecule has 0 bridgehead atoms. The molecule has 10 nitrogen and oxygen atoms in total. The van der Waals surface area contributed by atoms with Gasteiger partial charge in [0.1, 0.15) is 17.0 Å². The van der Waals surface area contributed by atoms with Crippen LogP contribution in [0.25, 0.3) is 22.0 Å². The minimum atomic E-state index is -0.824. The third-order valence-corrected chi connectivity index (χ3v) is 6.25. The summed E-state index contributed by atoms with van der Waals surface area (Å²) in [7, 11) is 0. The number of anilines is 1. The summed E-state index contributed by atoms with van der Waals surface area (Å²) >= 11 is 0. The Kier molecular flexibility index (Phi) is 7.44. The number of nitrogens with zero attached hydrogens (tertiary/aromatic N) is 4. The minimum Gasteiger partial charge on any atom is -0.444 e. The smallest absolute Gasteiger partial charge is 0.410 e. The van der Waals surface area contributed by atoms with Crippen LogP contribution >= 0.6 is 0 Å². The number of alkyl carbamates (subject to hydrolysis) is 1. The van der Waals surface area contributed by atoms with E-state index in [1.54, 1.807) is 23.5 Å². The lowest BCUT2D eigenvalue weighted by Gasteiger charge is -2.26. The van der Waals surface area contributed by atoms with Gasteiger partial charge in [-0.15, -0.1) is 0 Å². The highest BCUT2D eigenvalue weighted by molar-refractivity contribution is 5.93. The van der Waals surface area contributed by atoms with Crippen molar-refractivity contribution in [2.75, 3.05) is 18.8 Å². The van der Waals surface area contributed by atoms with Gasteiger partial charge in [-0.2, -0.15) is 0 Å². The number of fused-ring (bicyclic) bond motifs is 1. The zero-order valence-electron chi connectivity index (χ0n) is 22.9. The summed E-state index contributed by atoms with van der Waals surface area (Å²) < 4.78 is 11.2. The number of hydrogen-bond donors (Lipinski definition) is 2. The summed E-state index contributed by atoms with van der Waals surface area (Å²) in [5, 5.41) is 4.53. The van der Waals surface area contributed by atoms with Crippen molar-refractivity contribution in [2.24, 2.45) is 0 Å². The van der Waals surface area contributed by atoms with Gasteiger partial charge in [0, 0.05) is 54.7 Å². The van der Waals surface area contributed by atoms with E-state index in [1.165, 1.54) is 0 Å². The Balaban J connectivity index is 1.40. The summed E-state index contributed by atoms with van der Waals surface area (Å²) in [5.41, 5.74) is 8.32. The Morgan fingerprint density at radius 2 is 1.92 bits per heavy atom. The maximum atomic E-state index is 12.7. The van der Waals surface area contributed by atoms with Crippen LogP contribution in [0.5, 0.6) is 0 Å². The third kappa shape index (κ3) is 6.67. The number of likely N-dealkylation sites (tertiary alicyclic amines) is 1. The number of carbonyl (C=O) groups is 2. The number of aryl methyl sites for hydroxylation is 1. The highest BCUT2D eigenvalue weighted by Gasteiger charge is 2.32. The van der Waals surface area contributed by atoms with Crippen LogP contribution < -0.4 is 11.1 Å². The van der Waals surface area contributed by atoms with E-state index in [4.69, 9.17) is 15.2 Å². The fourth-order valence-corrected chi connectivity index (χ4v) is 4.48. The second kappa shape index (κ2) is 10.4. The maximum absolute atomic E-state index is 12.7. The molecule has 0 aliphatic carbocycles. The molecule has 0 radical (unpaired) electrons. The average molecular weight is 521 g/mol. The summed E-state index contributed by atoms with van der Waals surface area (Å²) in [6.07, 6.45) is 5.34. The predicted molar refractivity (Wildman–Crippen MR) is 146 cm³/mol. The molecular weight excluding hydrogens is 484 g/mol. The number of rotatable bonds is 5. The molecule has 1 fully saturated rings. The topological polar surface area (TPSA) is 133 Å². The van der Waals surface area contributed by atoms with E-state index in [0.29, 0.717) is 31.7 Å². The van der Waals surface area contributed by atoms with Gasteiger partial charge in [0.2, 0.25) is 0 Å². The Hall–Kier alpha value is -3.95. The SMILES string of the molecule is Cc1ccncc1-c1cc2cc(CC(C)(C)OC(=O)NC3CCN(C(=O)OC(C)(C)C)C3)ncc2c(N)n1. The average Bonchev–Trinajstić information content (AvgIpc) is 3.25. The van der Waals surface area contributed by atoms with Crippen molar-refractivity contribution in [3.63, 3.8) is 0 Å². The van der Waals surface area contributed by atoms with E-state index in [2.05, 4.69) is 20.3 Å². The van der Waals surface area contributed by atoms with E-state index < -0.39 is 17.3 Å². The van der Waals surface area contributed by atoms with Gasteiger partial charge in [0.25, 0.3) is 0 Å². The first-order chi connectivity index (χ1) is 17.8. The number of nitrogen functional groups attached to an aromatic ring is 1. The van der Waals surface area contributed by atoms with Crippen molar-refractivity contribution in [3.8, 4) is 11.3 Å². The van der Waals surface area contributed by atoms with Gasteiger partial charge in [-0.1, -0.05) is 0 Å². The molecule has 4 heterocycles. The van der Waals surface area contributed by atoms with E-state index in [1.807, 2.05) is 59.7 Å². The summed E-state index contributed by atoms with van der Waals surface area (Å²) in [4.78, 5) is 39.9. The zero-order chi connectivity index (χ0) is 27.7. The van der Waals surface area contributed by atoms with E-state index >= 15 is 0 Å². The molecule has 10 heteroatoms. The highest BCUT2D eigenvalue weighted by Crippen LogP contribution is 2.29. The number of amides is 2. The molecule has 0 aromatic carbocycles. The third-order valence-electron chi connectivity index (χ3n) is 6.25. The fraction of sp³-hybridized carbons (Fsp3) is 0.464. The van der Waals surface area contributed by atoms with E-state index in [-0.39, 0.29) is 12.1 Å². The van der Waals surface area contributed by atoms with Crippen molar-refractivity contribution in [1.29, 1.82) is 0 Å². The van der Waals surface area contributed by atoms with Gasteiger partial charge in [-0.3, -0.25) is 9.97 Å². The number of aromatic nitrogens is 3. The van der Waals surface area contributed by atoms with Crippen molar-refractivity contribution in [1.82, 2.24) is 25.2 Å². The van der Waals surface area contributed by atoms with Crippen LogP contribution in [-0.4, -0.2) is 62.4 Å². The molecule has 1 aliphatic rings. The van der Waals surface area contributed by atoms with Gasteiger partial charge in [-0.25, -0.2) is 14.6 Å². The number of hydrogen-bond acceptors (Lipinski definition) is 8. The largest absolute Gasteiger partial charge is 0.444 e. The Morgan fingerprint density at radius 3 is 2.63 bits per heavy atom. The summed E-state index contributed by atoms with van der Waals surface area (Å²) in [5.74, 6) is 0.395. The number of nitrogens with two attached hydrogens (primary N) is 1. The van der Waals surface area contributed by atoms with Crippen molar-refractivity contribution >= 4 is 28.8 Å². The van der Waals surface area contributed by atoms with Crippen LogP contribution in [0.1, 0.15) is 52.3 Å². The second-order valence-electron chi connectivity index (χ2n) is 11.4. The lowest BCUT2D eigenvalue weighted by molar-refractivity contribution is 0.0271. The molecule has 4 rings (SSSR count). The molecule has 2 amide bonds. The molecule has 202 valence electrons. The number of ether oxygens (including phenoxy) is 2. The second-order valence-corrected chi connectivity index (χ2v) is 11.4. The molecule has 1 saturated heterocycles. The standard InChI is InChI=1S/C28H36N6O4/c1-17-7-9-30-14-21(17)23-12-18-11-20(31-15-22(18)24(29)33-23)13-28(5,6)37-25(35)32-19-8-10-34(16-19)26(36)38-27(2,3)4/h7,9,11-12,14-15,19H,8,10,13,16H2,1-6H3,(H2,29,33)(H,32,35). The molecule has 38 heavy (non-hydrogen) atoms. The lowest BCUT2D eigenvalue weighted by Crippen LogP contribution is -2.43. The normalized spacial score (nSPS) is 15.9. The zero-order valence-corrected chi connectivity index (χ0v) is 22.9. The molecule has 3 aromatic heterocycles. The van der Waals surface area contributed by atoms with Crippen LogP contribution in [-0.2, 0) is 15.9 Å². The van der Waals surface area contributed by atoms with Gasteiger partial charge >= 0.3 is 12.2 Å². The molecule has 1 atom stereocenters. The van der Waals surface area contributed by atoms with Crippen molar-refractivity contribution in [2.45, 2.75) is 71.6 Å². The van der Waals surface area contributed by atoms with Gasteiger partial charge in [0.05, 0.1) is 11.7 Å². The van der Waals surface area contributed by atoms with Crippen LogP contribution in [0.15, 0.2) is 36.8 Å². The van der Waals surface area contributed by atoms with Crippen molar-refractivity contribution in [3.05, 3.63) is 48.0 Å².